The Morgan fingerprint density at radius 2 is 2.24 bits per heavy atom. The van der Waals surface area contributed by atoms with Gasteiger partial charge in [0.1, 0.15) is 22.9 Å². The van der Waals surface area contributed by atoms with Crippen LogP contribution in [-0.4, -0.2) is 20.9 Å². The van der Waals surface area contributed by atoms with Crippen molar-refractivity contribution in [1.29, 1.82) is 0 Å². The number of halogens is 1. The number of pyridine rings is 1. The number of H-pyrrole nitrogens is 1. The maximum absolute atomic E-state index is 11.7. The quantitative estimate of drug-likeness (QED) is 0.781. The molecule has 17 heavy (non-hydrogen) atoms. The molecule has 2 aromatic heterocycles. The third-order valence-electron chi connectivity index (χ3n) is 1.94. The molecular formula is C10H7ClN4O2. The molecule has 0 spiro atoms. The van der Waals surface area contributed by atoms with Gasteiger partial charge in [-0.3, -0.25) is 9.59 Å². The lowest BCUT2D eigenvalue weighted by molar-refractivity contribution is 0.102. The van der Waals surface area contributed by atoms with Crippen LogP contribution in [0.25, 0.3) is 0 Å². The van der Waals surface area contributed by atoms with Gasteiger partial charge in [0.05, 0.1) is 0 Å². The molecular weight excluding hydrogens is 244 g/mol. The van der Waals surface area contributed by atoms with Crippen LogP contribution in [0.4, 0.5) is 5.82 Å². The van der Waals surface area contributed by atoms with E-state index in [9.17, 15) is 9.59 Å². The first-order chi connectivity index (χ1) is 8.16. The molecule has 6 nitrogen and oxygen atoms in total. The molecule has 0 radical (unpaired) electrons. The van der Waals surface area contributed by atoms with Gasteiger partial charge in [-0.2, -0.15) is 0 Å². The summed E-state index contributed by atoms with van der Waals surface area (Å²) in [5, 5.41) is 2.65. The average Bonchev–Trinajstić information content (AvgIpc) is 2.29. The van der Waals surface area contributed by atoms with Crippen molar-refractivity contribution >= 4 is 23.3 Å². The van der Waals surface area contributed by atoms with Gasteiger partial charge in [0.15, 0.2) is 5.43 Å². The monoisotopic (exact) mass is 250 g/mol. The number of anilines is 1. The van der Waals surface area contributed by atoms with Gasteiger partial charge in [-0.1, -0.05) is 11.6 Å². The first-order valence-electron chi connectivity index (χ1n) is 4.63. The van der Waals surface area contributed by atoms with Gasteiger partial charge >= 0.3 is 0 Å². The molecule has 86 valence electrons. The first-order valence-corrected chi connectivity index (χ1v) is 5.00. The van der Waals surface area contributed by atoms with E-state index < -0.39 is 5.91 Å². The summed E-state index contributed by atoms with van der Waals surface area (Å²) in [6, 6.07) is 2.65. The molecule has 0 aliphatic carbocycles. The van der Waals surface area contributed by atoms with E-state index in [-0.39, 0.29) is 22.0 Å². The van der Waals surface area contributed by atoms with Crippen LogP contribution in [0.5, 0.6) is 0 Å². The molecule has 2 N–H and O–H groups in total. The number of hydrogen-bond acceptors (Lipinski definition) is 4. The zero-order valence-electron chi connectivity index (χ0n) is 8.48. The molecule has 2 aromatic rings. The lowest BCUT2D eigenvalue weighted by Gasteiger charge is -2.02. The van der Waals surface area contributed by atoms with Crippen LogP contribution in [0.2, 0.25) is 5.15 Å². The number of rotatable bonds is 2. The smallest absolute Gasteiger partial charge is 0.262 e. The van der Waals surface area contributed by atoms with E-state index in [1.165, 1.54) is 30.9 Å². The maximum atomic E-state index is 11.7. The summed E-state index contributed by atoms with van der Waals surface area (Å²) in [5.41, 5.74) is -0.372. The molecule has 7 heteroatoms. The fourth-order valence-electron chi connectivity index (χ4n) is 1.18. The number of carbonyl (C=O) groups is 1. The van der Waals surface area contributed by atoms with Crippen molar-refractivity contribution in [2.24, 2.45) is 0 Å². The van der Waals surface area contributed by atoms with E-state index in [0.717, 1.165) is 0 Å². The number of amides is 1. The van der Waals surface area contributed by atoms with Crippen molar-refractivity contribution in [3.63, 3.8) is 0 Å². The fourth-order valence-corrected chi connectivity index (χ4v) is 1.33. The average molecular weight is 251 g/mol. The van der Waals surface area contributed by atoms with Gasteiger partial charge in [0.2, 0.25) is 0 Å². The Bertz CT molecular complexity index is 611. The second kappa shape index (κ2) is 4.75. The summed E-state index contributed by atoms with van der Waals surface area (Å²) in [7, 11) is 0. The van der Waals surface area contributed by atoms with Crippen molar-refractivity contribution in [3.8, 4) is 0 Å². The maximum Gasteiger partial charge on any atom is 0.262 e. The molecule has 0 saturated carbocycles. The third kappa shape index (κ3) is 2.67. The van der Waals surface area contributed by atoms with E-state index in [1.54, 1.807) is 0 Å². The summed E-state index contributed by atoms with van der Waals surface area (Å²) in [6.45, 7) is 0. The Hall–Kier alpha value is -2.21. The Morgan fingerprint density at radius 1 is 1.41 bits per heavy atom. The Labute approximate surface area is 101 Å². The van der Waals surface area contributed by atoms with Crippen molar-refractivity contribution in [1.82, 2.24) is 15.0 Å². The van der Waals surface area contributed by atoms with Crippen LogP contribution in [0.3, 0.4) is 0 Å². The van der Waals surface area contributed by atoms with Crippen LogP contribution in [-0.2, 0) is 0 Å². The number of carbonyl (C=O) groups excluding carboxylic acids is 1. The van der Waals surface area contributed by atoms with Gasteiger partial charge in [-0.05, 0) is 0 Å². The molecule has 0 aliphatic rings. The molecule has 1 amide bonds. The lowest BCUT2D eigenvalue weighted by Crippen LogP contribution is -2.21. The largest absolute Gasteiger partial charge is 0.367 e. The van der Waals surface area contributed by atoms with Crippen LogP contribution < -0.4 is 10.7 Å². The highest BCUT2D eigenvalue weighted by Crippen LogP contribution is 2.09. The number of nitrogens with one attached hydrogen (secondary N) is 2. The van der Waals surface area contributed by atoms with Crippen LogP contribution in [0.1, 0.15) is 10.4 Å². The number of nitrogens with zero attached hydrogens (tertiary/aromatic N) is 2. The number of hydrogen-bond donors (Lipinski definition) is 2. The molecule has 2 heterocycles. The summed E-state index contributed by atoms with van der Waals surface area (Å²) < 4.78 is 0. The minimum atomic E-state index is -0.554. The highest BCUT2D eigenvalue weighted by molar-refractivity contribution is 6.29. The highest BCUT2D eigenvalue weighted by atomic mass is 35.5. The second-order valence-corrected chi connectivity index (χ2v) is 3.49. The van der Waals surface area contributed by atoms with Crippen LogP contribution >= 0.6 is 11.6 Å². The van der Waals surface area contributed by atoms with Crippen molar-refractivity contribution < 1.29 is 4.79 Å². The zero-order valence-corrected chi connectivity index (χ0v) is 9.23. The minimum absolute atomic E-state index is 0.00207. The molecule has 0 aliphatic heterocycles. The lowest BCUT2D eigenvalue weighted by atomic mass is 10.2. The molecule has 0 unspecified atom stereocenters. The van der Waals surface area contributed by atoms with E-state index in [2.05, 4.69) is 20.3 Å². The van der Waals surface area contributed by atoms with Gasteiger partial charge in [0, 0.05) is 24.5 Å². The van der Waals surface area contributed by atoms with Crippen molar-refractivity contribution in [2.45, 2.75) is 0 Å². The molecule has 0 fully saturated rings. The second-order valence-electron chi connectivity index (χ2n) is 3.10. The standard InChI is InChI=1S/C10H7ClN4O2/c11-8-3-9(14-5-13-8)15-10(17)6-4-12-2-1-7(6)16/h1-5H,(H,12,16)(H,13,14,15,17). The van der Waals surface area contributed by atoms with Gasteiger partial charge in [0.25, 0.3) is 5.91 Å². The fraction of sp³-hybridized carbons (Fsp3) is 0. The first kappa shape index (κ1) is 11.3. The normalized spacial score (nSPS) is 9.94. The minimum Gasteiger partial charge on any atom is -0.367 e. The zero-order chi connectivity index (χ0) is 12.3. The Kier molecular flexibility index (Phi) is 3.15. The van der Waals surface area contributed by atoms with E-state index >= 15 is 0 Å². The third-order valence-corrected chi connectivity index (χ3v) is 2.15. The topological polar surface area (TPSA) is 87.7 Å². The molecule has 2 rings (SSSR count). The predicted octanol–water partition coefficient (Wildman–Crippen LogP) is 1.07. The Morgan fingerprint density at radius 3 is 2.94 bits per heavy atom. The Balaban J connectivity index is 2.23. The summed E-state index contributed by atoms with van der Waals surface area (Å²) in [5.74, 6) is -0.320. The van der Waals surface area contributed by atoms with E-state index in [0.29, 0.717) is 0 Å². The van der Waals surface area contributed by atoms with Crippen LogP contribution in [0, 0.1) is 0 Å². The van der Waals surface area contributed by atoms with Gasteiger partial charge < -0.3 is 10.3 Å². The summed E-state index contributed by atoms with van der Waals surface area (Å²) in [4.78, 5) is 33.2. The van der Waals surface area contributed by atoms with E-state index in [4.69, 9.17) is 11.6 Å². The van der Waals surface area contributed by atoms with Crippen molar-refractivity contribution in [2.75, 3.05) is 5.32 Å². The molecule has 0 atom stereocenters. The van der Waals surface area contributed by atoms with Crippen LogP contribution in [0.15, 0.2) is 35.6 Å². The number of aromatic nitrogens is 3. The van der Waals surface area contributed by atoms with E-state index in [1.807, 2.05) is 0 Å². The molecule has 0 aromatic carbocycles. The van der Waals surface area contributed by atoms with Gasteiger partial charge in [-0.15, -0.1) is 0 Å². The SMILES string of the molecule is O=C(Nc1cc(Cl)ncn1)c1c[nH]ccc1=O. The number of aromatic amines is 1. The predicted molar refractivity (Wildman–Crippen MR) is 62.1 cm³/mol. The van der Waals surface area contributed by atoms with Crippen molar-refractivity contribution in [3.05, 3.63) is 51.8 Å². The molecule has 0 bridgehead atoms. The highest BCUT2D eigenvalue weighted by Gasteiger charge is 2.10. The van der Waals surface area contributed by atoms with Gasteiger partial charge in [-0.25, -0.2) is 9.97 Å². The summed E-state index contributed by atoms with van der Waals surface area (Å²) >= 11 is 5.64. The summed E-state index contributed by atoms with van der Waals surface area (Å²) in [6.07, 6.45) is 3.98. The molecule has 0 saturated heterocycles.